The summed E-state index contributed by atoms with van der Waals surface area (Å²) in [6.45, 7) is 0. The van der Waals surface area contributed by atoms with E-state index in [1.165, 1.54) is 11.8 Å². The van der Waals surface area contributed by atoms with Gasteiger partial charge >= 0.3 is 0 Å². The molecular formula is C15H13ClN2OS. The minimum Gasteiger partial charge on any atom is -0.272 e. The lowest BCUT2D eigenvalue weighted by molar-refractivity contribution is -0.118. The van der Waals surface area contributed by atoms with Crippen molar-refractivity contribution in [1.29, 1.82) is 0 Å². The number of rotatable bonds is 5. The van der Waals surface area contributed by atoms with Crippen molar-refractivity contribution in [2.45, 2.75) is 4.90 Å². The largest absolute Gasteiger partial charge is 0.272 e. The van der Waals surface area contributed by atoms with Crippen LogP contribution < -0.4 is 5.43 Å². The van der Waals surface area contributed by atoms with E-state index in [1.54, 1.807) is 18.3 Å². The lowest BCUT2D eigenvalue weighted by Gasteiger charge is -2.01. The van der Waals surface area contributed by atoms with Crippen LogP contribution in [0.3, 0.4) is 0 Å². The molecule has 0 bridgehead atoms. The van der Waals surface area contributed by atoms with Gasteiger partial charge in [-0.2, -0.15) is 5.10 Å². The van der Waals surface area contributed by atoms with Crippen LogP contribution in [0.15, 0.2) is 64.6 Å². The third kappa shape index (κ3) is 5.07. The van der Waals surface area contributed by atoms with Crippen LogP contribution >= 0.6 is 23.4 Å². The molecule has 2 aromatic rings. The van der Waals surface area contributed by atoms with Gasteiger partial charge in [0.25, 0.3) is 0 Å². The van der Waals surface area contributed by atoms with Gasteiger partial charge in [-0.15, -0.1) is 11.8 Å². The van der Waals surface area contributed by atoms with E-state index in [1.807, 2.05) is 42.5 Å². The Morgan fingerprint density at radius 2 is 1.85 bits per heavy atom. The van der Waals surface area contributed by atoms with Gasteiger partial charge in [0.1, 0.15) is 0 Å². The number of carbonyl (C=O) groups excluding carboxylic acids is 1. The van der Waals surface area contributed by atoms with Crippen molar-refractivity contribution < 1.29 is 4.79 Å². The second kappa shape index (κ2) is 7.72. The maximum Gasteiger partial charge on any atom is 0.250 e. The average molecular weight is 305 g/mol. The zero-order valence-corrected chi connectivity index (χ0v) is 12.2. The van der Waals surface area contributed by atoms with Crippen LogP contribution in [0.25, 0.3) is 0 Å². The summed E-state index contributed by atoms with van der Waals surface area (Å²) in [5, 5.41) is 4.60. The van der Waals surface area contributed by atoms with Crippen molar-refractivity contribution in [2.24, 2.45) is 5.10 Å². The molecule has 0 aliphatic carbocycles. The molecule has 3 nitrogen and oxygen atoms in total. The minimum absolute atomic E-state index is 0.142. The Balaban J connectivity index is 1.76. The molecule has 0 saturated heterocycles. The molecule has 1 amide bonds. The molecule has 102 valence electrons. The zero-order chi connectivity index (χ0) is 14.2. The first kappa shape index (κ1) is 14.6. The van der Waals surface area contributed by atoms with Crippen molar-refractivity contribution in [3.63, 3.8) is 0 Å². The Bertz CT molecular complexity index is 585. The van der Waals surface area contributed by atoms with Gasteiger partial charge in [-0.3, -0.25) is 4.79 Å². The van der Waals surface area contributed by atoms with E-state index in [4.69, 9.17) is 11.6 Å². The van der Waals surface area contributed by atoms with Crippen LogP contribution in [0.5, 0.6) is 0 Å². The van der Waals surface area contributed by atoms with E-state index in [9.17, 15) is 4.79 Å². The number of halogens is 1. The number of amides is 1. The quantitative estimate of drug-likeness (QED) is 0.521. The molecule has 0 heterocycles. The highest BCUT2D eigenvalue weighted by Crippen LogP contribution is 2.19. The summed E-state index contributed by atoms with van der Waals surface area (Å²) in [7, 11) is 0. The molecule has 0 radical (unpaired) electrons. The van der Waals surface area contributed by atoms with Crippen LogP contribution in [0.2, 0.25) is 5.02 Å². The lowest BCUT2D eigenvalue weighted by atomic mass is 10.2. The molecule has 0 saturated carbocycles. The number of hydrogen-bond acceptors (Lipinski definition) is 3. The molecule has 0 aliphatic heterocycles. The zero-order valence-electron chi connectivity index (χ0n) is 10.6. The molecule has 0 fully saturated rings. The van der Waals surface area contributed by atoms with Gasteiger partial charge < -0.3 is 0 Å². The molecule has 0 unspecified atom stereocenters. The molecule has 0 spiro atoms. The van der Waals surface area contributed by atoms with Crippen LogP contribution in [0.1, 0.15) is 5.56 Å². The van der Waals surface area contributed by atoms with Gasteiger partial charge in [-0.25, -0.2) is 5.43 Å². The Labute approximate surface area is 127 Å². The van der Waals surface area contributed by atoms with Crippen molar-refractivity contribution in [3.8, 4) is 0 Å². The van der Waals surface area contributed by atoms with Crippen molar-refractivity contribution in [3.05, 3.63) is 65.2 Å². The summed E-state index contributed by atoms with van der Waals surface area (Å²) >= 11 is 7.23. The van der Waals surface area contributed by atoms with Gasteiger partial charge in [0.15, 0.2) is 0 Å². The number of nitrogens with one attached hydrogen (secondary N) is 1. The maximum atomic E-state index is 11.6. The Morgan fingerprint density at radius 1 is 1.15 bits per heavy atom. The molecule has 5 heteroatoms. The lowest BCUT2D eigenvalue weighted by Crippen LogP contribution is -2.19. The smallest absolute Gasteiger partial charge is 0.250 e. The number of nitrogens with zero attached hydrogens (tertiary/aromatic N) is 1. The number of hydrogen-bond donors (Lipinski definition) is 1. The first-order valence-electron chi connectivity index (χ1n) is 5.99. The molecule has 0 aromatic heterocycles. The van der Waals surface area contributed by atoms with Gasteiger partial charge in [0.2, 0.25) is 5.91 Å². The van der Waals surface area contributed by atoms with Crippen LogP contribution in [-0.2, 0) is 4.79 Å². The van der Waals surface area contributed by atoms with E-state index in [0.717, 1.165) is 10.5 Å². The van der Waals surface area contributed by atoms with E-state index in [0.29, 0.717) is 10.8 Å². The summed E-state index contributed by atoms with van der Waals surface area (Å²) in [6.07, 6.45) is 1.62. The maximum absolute atomic E-state index is 11.6. The topological polar surface area (TPSA) is 41.5 Å². The van der Waals surface area contributed by atoms with Crippen LogP contribution in [-0.4, -0.2) is 17.9 Å². The molecule has 2 rings (SSSR count). The number of thioether (sulfide) groups is 1. The highest BCUT2D eigenvalue weighted by atomic mass is 35.5. The normalized spacial score (nSPS) is 10.7. The predicted octanol–water partition coefficient (Wildman–Crippen LogP) is 3.58. The summed E-state index contributed by atoms with van der Waals surface area (Å²) in [5.41, 5.74) is 3.44. The molecule has 20 heavy (non-hydrogen) atoms. The summed E-state index contributed by atoms with van der Waals surface area (Å²) < 4.78 is 0. The number of benzene rings is 2. The SMILES string of the molecule is O=C(CSc1ccc(Cl)cc1)N/N=C\c1ccccc1. The van der Waals surface area contributed by atoms with Gasteiger partial charge in [0, 0.05) is 9.92 Å². The number of carbonyl (C=O) groups is 1. The standard InChI is InChI=1S/C15H13ClN2OS/c16-13-6-8-14(9-7-13)20-11-15(19)18-17-10-12-4-2-1-3-5-12/h1-10H,11H2,(H,18,19)/b17-10-. The fourth-order valence-electron chi connectivity index (χ4n) is 1.43. The average Bonchev–Trinajstić information content (AvgIpc) is 2.48. The van der Waals surface area contributed by atoms with Crippen molar-refractivity contribution >= 4 is 35.5 Å². The number of hydrazone groups is 1. The van der Waals surface area contributed by atoms with Gasteiger partial charge in [0.05, 0.1) is 12.0 Å². The second-order valence-corrected chi connectivity index (χ2v) is 5.43. The fraction of sp³-hybridized carbons (Fsp3) is 0.0667. The van der Waals surface area contributed by atoms with E-state index < -0.39 is 0 Å². The Morgan fingerprint density at radius 3 is 2.55 bits per heavy atom. The molecule has 0 aliphatic rings. The summed E-state index contributed by atoms with van der Waals surface area (Å²) in [5.74, 6) is 0.172. The van der Waals surface area contributed by atoms with Crippen molar-refractivity contribution in [1.82, 2.24) is 5.43 Å². The first-order valence-corrected chi connectivity index (χ1v) is 7.36. The molecular weight excluding hydrogens is 292 g/mol. The van der Waals surface area contributed by atoms with E-state index >= 15 is 0 Å². The van der Waals surface area contributed by atoms with Crippen molar-refractivity contribution in [2.75, 3.05) is 5.75 Å². The fourth-order valence-corrected chi connectivity index (χ4v) is 2.25. The van der Waals surface area contributed by atoms with E-state index in [2.05, 4.69) is 10.5 Å². The minimum atomic E-state index is -0.142. The highest BCUT2D eigenvalue weighted by molar-refractivity contribution is 8.00. The highest BCUT2D eigenvalue weighted by Gasteiger charge is 2.01. The van der Waals surface area contributed by atoms with Crippen LogP contribution in [0.4, 0.5) is 0 Å². The van der Waals surface area contributed by atoms with E-state index in [-0.39, 0.29) is 5.91 Å². The Kier molecular flexibility index (Phi) is 5.65. The predicted molar refractivity (Wildman–Crippen MR) is 84.4 cm³/mol. The molecule has 0 atom stereocenters. The summed E-state index contributed by atoms with van der Waals surface area (Å²) in [4.78, 5) is 12.6. The first-order chi connectivity index (χ1) is 9.74. The molecule has 2 aromatic carbocycles. The second-order valence-electron chi connectivity index (χ2n) is 3.95. The van der Waals surface area contributed by atoms with Gasteiger partial charge in [-0.05, 0) is 29.8 Å². The Hall–Kier alpha value is -1.78. The third-order valence-electron chi connectivity index (χ3n) is 2.39. The third-order valence-corrected chi connectivity index (χ3v) is 3.65. The van der Waals surface area contributed by atoms with Gasteiger partial charge in [-0.1, -0.05) is 41.9 Å². The summed E-state index contributed by atoms with van der Waals surface area (Å²) in [6, 6.07) is 17.0. The van der Waals surface area contributed by atoms with Crippen LogP contribution in [0, 0.1) is 0 Å². The molecule has 1 N–H and O–H groups in total. The monoisotopic (exact) mass is 304 g/mol.